The summed E-state index contributed by atoms with van der Waals surface area (Å²) in [6, 6.07) is 9.03. The van der Waals surface area contributed by atoms with Crippen molar-refractivity contribution in [1.29, 1.82) is 5.26 Å². The van der Waals surface area contributed by atoms with E-state index in [9.17, 15) is 4.79 Å². The van der Waals surface area contributed by atoms with Crippen LogP contribution in [0.2, 0.25) is 0 Å². The molecule has 1 aromatic rings. The Bertz CT molecular complexity index is 517. The Labute approximate surface area is 126 Å². The van der Waals surface area contributed by atoms with Crippen LogP contribution >= 0.6 is 0 Å². The molecule has 2 rings (SSSR count). The number of likely N-dealkylation sites (N-methyl/N-ethyl adjacent to an activating group) is 1. The van der Waals surface area contributed by atoms with E-state index in [0.717, 1.165) is 13.1 Å². The number of anilines is 1. The molecule has 0 aromatic heterocycles. The Kier molecular flexibility index (Phi) is 5.73. The van der Waals surface area contributed by atoms with Gasteiger partial charge in [-0.25, -0.2) is 0 Å². The topological polar surface area (TPSA) is 59.4 Å². The Hall–Kier alpha value is -1.90. The van der Waals surface area contributed by atoms with E-state index in [1.807, 2.05) is 11.9 Å². The van der Waals surface area contributed by atoms with Crippen molar-refractivity contribution < 1.29 is 4.79 Å². The maximum atomic E-state index is 12.0. The predicted molar refractivity (Wildman–Crippen MR) is 83.0 cm³/mol. The van der Waals surface area contributed by atoms with E-state index in [2.05, 4.69) is 16.3 Å². The summed E-state index contributed by atoms with van der Waals surface area (Å²) in [7, 11) is 1.96. The van der Waals surface area contributed by atoms with Crippen molar-refractivity contribution in [1.82, 2.24) is 9.80 Å². The summed E-state index contributed by atoms with van der Waals surface area (Å²) >= 11 is 0. The van der Waals surface area contributed by atoms with E-state index in [1.165, 1.54) is 25.9 Å². The zero-order valence-electron chi connectivity index (χ0n) is 12.5. The van der Waals surface area contributed by atoms with Crippen molar-refractivity contribution in [3.8, 4) is 6.07 Å². The van der Waals surface area contributed by atoms with Gasteiger partial charge in [-0.3, -0.25) is 9.69 Å². The molecule has 1 aliphatic rings. The summed E-state index contributed by atoms with van der Waals surface area (Å²) in [5.41, 5.74) is 1.22. The highest BCUT2D eigenvalue weighted by Crippen LogP contribution is 2.10. The number of hydrogen-bond donors (Lipinski definition) is 1. The van der Waals surface area contributed by atoms with Gasteiger partial charge in [0.15, 0.2) is 0 Å². The number of rotatable bonds is 6. The van der Waals surface area contributed by atoms with Crippen molar-refractivity contribution in [2.24, 2.45) is 0 Å². The number of nitriles is 1. The molecule has 1 aliphatic heterocycles. The van der Waals surface area contributed by atoms with Crippen LogP contribution < -0.4 is 5.32 Å². The number of nitrogens with one attached hydrogen (secondary N) is 1. The molecule has 0 unspecified atom stereocenters. The summed E-state index contributed by atoms with van der Waals surface area (Å²) in [6.07, 6.45) is 2.58. The van der Waals surface area contributed by atoms with Gasteiger partial charge in [0.2, 0.25) is 5.91 Å². The van der Waals surface area contributed by atoms with Gasteiger partial charge >= 0.3 is 0 Å². The van der Waals surface area contributed by atoms with Gasteiger partial charge in [-0.05, 0) is 51.2 Å². The van der Waals surface area contributed by atoms with Crippen molar-refractivity contribution >= 4 is 11.6 Å². The molecule has 0 aliphatic carbocycles. The smallest absolute Gasteiger partial charge is 0.238 e. The van der Waals surface area contributed by atoms with Gasteiger partial charge in [-0.15, -0.1) is 0 Å². The summed E-state index contributed by atoms with van der Waals surface area (Å²) in [4.78, 5) is 16.4. The fourth-order valence-corrected chi connectivity index (χ4v) is 2.51. The molecule has 5 heteroatoms. The van der Waals surface area contributed by atoms with Crippen LogP contribution in [0, 0.1) is 11.3 Å². The van der Waals surface area contributed by atoms with Crippen molar-refractivity contribution in [3.05, 3.63) is 29.8 Å². The first kappa shape index (κ1) is 15.5. The van der Waals surface area contributed by atoms with Crippen LogP contribution in [0.15, 0.2) is 24.3 Å². The molecular formula is C16H22N4O. The molecular weight excluding hydrogens is 264 g/mol. The van der Waals surface area contributed by atoms with Crippen LogP contribution in [0.3, 0.4) is 0 Å². The average Bonchev–Trinajstić information content (AvgIpc) is 2.98. The van der Waals surface area contributed by atoms with Crippen LogP contribution in [0.25, 0.3) is 0 Å². The summed E-state index contributed by atoms with van der Waals surface area (Å²) in [5, 5.41) is 11.7. The quantitative estimate of drug-likeness (QED) is 0.861. The van der Waals surface area contributed by atoms with Crippen LogP contribution in [0.4, 0.5) is 5.69 Å². The third kappa shape index (κ3) is 5.18. The summed E-state index contributed by atoms with van der Waals surface area (Å²) in [6.45, 7) is 4.64. The van der Waals surface area contributed by atoms with Crippen LogP contribution in [0.5, 0.6) is 0 Å². The number of benzene rings is 1. The van der Waals surface area contributed by atoms with Gasteiger partial charge in [-0.1, -0.05) is 6.07 Å². The van der Waals surface area contributed by atoms with Gasteiger partial charge in [0.1, 0.15) is 0 Å². The van der Waals surface area contributed by atoms with Crippen LogP contribution in [-0.4, -0.2) is 55.5 Å². The second-order valence-electron chi connectivity index (χ2n) is 5.53. The van der Waals surface area contributed by atoms with Gasteiger partial charge in [0, 0.05) is 18.8 Å². The monoisotopic (exact) mass is 286 g/mol. The normalized spacial score (nSPS) is 15.1. The van der Waals surface area contributed by atoms with Gasteiger partial charge < -0.3 is 10.2 Å². The zero-order chi connectivity index (χ0) is 15.1. The van der Waals surface area contributed by atoms with E-state index in [-0.39, 0.29) is 5.91 Å². The van der Waals surface area contributed by atoms with Crippen LogP contribution in [-0.2, 0) is 4.79 Å². The lowest BCUT2D eigenvalue weighted by Crippen LogP contribution is -2.36. The highest BCUT2D eigenvalue weighted by Gasteiger charge is 2.13. The molecule has 0 atom stereocenters. The maximum Gasteiger partial charge on any atom is 0.238 e. The van der Waals surface area contributed by atoms with E-state index in [4.69, 9.17) is 5.26 Å². The molecule has 112 valence electrons. The first-order valence-corrected chi connectivity index (χ1v) is 7.38. The fourth-order valence-electron chi connectivity index (χ4n) is 2.51. The molecule has 0 bridgehead atoms. The lowest BCUT2D eigenvalue weighted by molar-refractivity contribution is -0.117. The molecule has 1 aromatic carbocycles. The molecule has 1 N–H and O–H groups in total. The predicted octanol–water partition coefficient (Wildman–Crippen LogP) is 1.52. The number of nitrogens with zero attached hydrogens (tertiary/aromatic N) is 3. The Morgan fingerprint density at radius 3 is 2.90 bits per heavy atom. The van der Waals surface area contributed by atoms with Gasteiger partial charge in [0.05, 0.1) is 18.2 Å². The van der Waals surface area contributed by atoms with Crippen molar-refractivity contribution in [2.75, 3.05) is 45.1 Å². The van der Waals surface area contributed by atoms with Crippen molar-refractivity contribution in [3.63, 3.8) is 0 Å². The highest BCUT2D eigenvalue weighted by molar-refractivity contribution is 5.92. The summed E-state index contributed by atoms with van der Waals surface area (Å²) < 4.78 is 0. The molecule has 21 heavy (non-hydrogen) atoms. The lowest BCUT2D eigenvalue weighted by atomic mass is 10.2. The SMILES string of the molecule is CN(CCN1CCCC1)CC(=O)Nc1cccc(C#N)c1. The third-order valence-electron chi connectivity index (χ3n) is 3.69. The van der Waals surface area contributed by atoms with Gasteiger partial charge in [-0.2, -0.15) is 5.26 Å². The minimum atomic E-state index is -0.0472. The number of carbonyl (C=O) groups excluding carboxylic acids is 1. The second-order valence-corrected chi connectivity index (χ2v) is 5.53. The first-order chi connectivity index (χ1) is 10.2. The molecule has 1 saturated heterocycles. The second kappa shape index (κ2) is 7.77. The Balaban J connectivity index is 1.74. The maximum absolute atomic E-state index is 12.0. The number of likely N-dealkylation sites (tertiary alicyclic amines) is 1. The Morgan fingerprint density at radius 1 is 1.43 bits per heavy atom. The van der Waals surface area contributed by atoms with Crippen LogP contribution in [0.1, 0.15) is 18.4 Å². The minimum absolute atomic E-state index is 0.0472. The molecule has 1 amide bonds. The number of hydrogen-bond acceptors (Lipinski definition) is 4. The minimum Gasteiger partial charge on any atom is -0.325 e. The highest BCUT2D eigenvalue weighted by atomic mass is 16.2. The molecule has 0 saturated carbocycles. The number of carbonyl (C=O) groups is 1. The summed E-state index contributed by atoms with van der Waals surface area (Å²) in [5.74, 6) is -0.0472. The van der Waals surface area contributed by atoms with Crippen molar-refractivity contribution in [2.45, 2.75) is 12.8 Å². The zero-order valence-corrected chi connectivity index (χ0v) is 12.5. The third-order valence-corrected chi connectivity index (χ3v) is 3.69. The Morgan fingerprint density at radius 2 is 2.19 bits per heavy atom. The largest absolute Gasteiger partial charge is 0.325 e. The standard InChI is InChI=1S/C16H22N4O/c1-19(9-10-20-7-2-3-8-20)13-16(21)18-15-6-4-5-14(11-15)12-17/h4-6,11H,2-3,7-10,13H2,1H3,(H,18,21). The molecule has 1 heterocycles. The molecule has 0 radical (unpaired) electrons. The molecule has 5 nitrogen and oxygen atoms in total. The first-order valence-electron chi connectivity index (χ1n) is 7.38. The van der Waals surface area contributed by atoms with Gasteiger partial charge in [0.25, 0.3) is 0 Å². The molecule has 1 fully saturated rings. The molecule has 0 spiro atoms. The van der Waals surface area contributed by atoms with E-state index in [1.54, 1.807) is 24.3 Å². The fraction of sp³-hybridized carbons (Fsp3) is 0.500. The van der Waals surface area contributed by atoms with E-state index in [0.29, 0.717) is 17.8 Å². The lowest BCUT2D eigenvalue weighted by Gasteiger charge is -2.20. The average molecular weight is 286 g/mol. The van der Waals surface area contributed by atoms with E-state index < -0.39 is 0 Å². The van der Waals surface area contributed by atoms with E-state index >= 15 is 0 Å². The number of amides is 1.